The van der Waals surface area contributed by atoms with E-state index in [1.807, 2.05) is 0 Å². The Morgan fingerprint density at radius 3 is 2.90 bits per heavy atom. The first kappa shape index (κ1) is 6.82. The molecule has 0 unspecified atom stereocenters. The SMILES string of the molecule is CN(N)C(=O)c1ccoc1. The fraction of sp³-hybridized carbons (Fsp3) is 0.167. The summed E-state index contributed by atoms with van der Waals surface area (Å²) in [5.74, 6) is 4.91. The molecule has 1 rings (SSSR count). The van der Waals surface area contributed by atoms with Gasteiger partial charge in [-0.1, -0.05) is 0 Å². The molecule has 10 heavy (non-hydrogen) atoms. The first-order valence-corrected chi connectivity index (χ1v) is 2.77. The number of furan rings is 1. The van der Waals surface area contributed by atoms with Gasteiger partial charge in [0, 0.05) is 7.05 Å². The average molecular weight is 140 g/mol. The van der Waals surface area contributed by atoms with Crippen molar-refractivity contribution in [3.05, 3.63) is 24.2 Å². The summed E-state index contributed by atoms with van der Waals surface area (Å²) < 4.78 is 4.68. The highest BCUT2D eigenvalue weighted by Crippen LogP contribution is 2.00. The summed E-state index contributed by atoms with van der Waals surface area (Å²) in [5.41, 5.74) is 0.463. The summed E-state index contributed by atoms with van der Waals surface area (Å²) in [6.07, 6.45) is 2.78. The minimum absolute atomic E-state index is 0.256. The number of amides is 1. The molecule has 4 nitrogen and oxygen atoms in total. The van der Waals surface area contributed by atoms with Crippen LogP contribution in [0.1, 0.15) is 10.4 Å². The monoisotopic (exact) mass is 140 g/mol. The van der Waals surface area contributed by atoms with Gasteiger partial charge in [0.1, 0.15) is 6.26 Å². The minimum atomic E-state index is -0.256. The third-order valence-corrected chi connectivity index (χ3v) is 1.09. The molecule has 0 bridgehead atoms. The topological polar surface area (TPSA) is 59.5 Å². The molecule has 4 heteroatoms. The smallest absolute Gasteiger partial charge is 0.270 e. The van der Waals surface area contributed by atoms with Crippen molar-refractivity contribution in [1.29, 1.82) is 0 Å². The number of hydrazine groups is 1. The number of hydrogen-bond donors (Lipinski definition) is 1. The van der Waals surface area contributed by atoms with Gasteiger partial charge in [-0.25, -0.2) is 5.84 Å². The maximum Gasteiger partial charge on any atom is 0.270 e. The van der Waals surface area contributed by atoms with Gasteiger partial charge in [0.2, 0.25) is 0 Å². The lowest BCUT2D eigenvalue weighted by molar-refractivity contribution is 0.0794. The molecule has 0 aromatic carbocycles. The second-order valence-electron chi connectivity index (χ2n) is 1.93. The normalized spacial score (nSPS) is 9.40. The molecule has 0 aliphatic carbocycles. The maximum absolute atomic E-state index is 10.9. The number of carbonyl (C=O) groups excluding carboxylic acids is 1. The first-order chi connectivity index (χ1) is 4.72. The van der Waals surface area contributed by atoms with Crippen LogP contribution in [-0.4, -0.2) is 18.0 Å². The van der Waals surface area contributed by atoms with Crippen LogP contribution in [-0.2, 0) is 0 Å². The highest BCUT2D eigenvalue weighted by atomic mass is 16.3. The van der Waals surface area contributed by atoms with E-state index in [-0.39, 0.29) is 5.91 Å². The Morgan fingerprint density at radius 1 is 1.80 bits per heavy atom. The Balaban J connectivity index is 2.78. The van der Waals surface area contributed by atoms with E-state index in [0.29, 0.717) is 5.56 Å². The molecule has 2 N–H and O–H groups in total. The Labute approximate surface area is 58.2 Å². The van der Waals surface area contributed by atoms with Crippen LogP contribution in [0.15, 0.2) is 23.0 Å². The van der Waals surface area contributed by atoms with E-state index in [4.69, 9.17) is 5.84 Å². The quantitative estimate of drug-likeness (QED) is 0.345. The zero-order valence-electron chi connectivity index (χ0n) is 5.57. The van der Waals surface area contributed by atoms with E-state index in [9.17, 15) is 4.79 Å². The number of nitrogens with two attached hydrogens (primary N) is 1. The van der Waals surface area contributed by atoms with Crippen LogP contribution in [0.25, 0.3) is 0 Å². The largest absolute Gasteiger partial charge is 0.472 e. The molecule has 0 aliphatic rings. The highest BCUT2D eigenvalue weighted by molar-refractivity contribution is 5.93. The summed E-state index contributed by atoms with van der Waals surface area (Å²) in [6, 6.07) is 1.56. The van der Waals surface area contributed by atoms with Crippen LogP contribution in [0.2, 0.25) is 0 Å². The number of carbonyl (C=O) groups is 1. The van der Waals surface area contributed by atoms with Crippen LogP contribution >= 0.6 is 0 Å². The van der Waals surface area contributed by atoms with Crippen molar-refractivity contribution in [3.63, 3.8) is 0 Å². The molecule has 0 aliphatic heterocycles. The third kappa shape index (κ3) is 1.16. The average Bonchev–Trinajstić information content (AvgIpc) is 2.36. The van der Waals surface area contributed by atoms with Crippen molar-refractivity contribution in [1.82, 2.24) is 5.01 Å². The lowest BCUT2D eigenvalue weighted by Gasteiger charge is -2.06. The molecule has 1 aromatic heterocycles. The van der Waals surface area contributed by atoms with Crippen molar-refractivity contribution in [3.8, 4) is 0 Å². The number of hydrogen-bond acceptors (Lipinski definition) is 3. The molecule has 1 heterocycles. The van der Waals surface area contributed by atoms with Crippen molar-refractivity contribution in [2.45, 2.75) is 0 Å². The summed E-state index contributed by atoms with van der Waals surface area (Å²) >= 11 is 0. The Bertz CT molecular complexity index is 216. The predicted molar refractivity (Wildman–Crippen MR) is 35.0 cm³/mol. The molecule has 54 valence electrons. The molecule has 0 fully saturated rings. The second-order valence-corrected chi connectivity index (χ2v) is 1.93. The lowest BCUT2D eigenvalue weighted by atomic mass is 10.3. The van der Waals surface area contributed by atoms with Crippen LogP contribution in [0.4, 0.5) is 0 Å². The Hall–Kier alpha value is -1.29. The molecule has 1 aromatic rings. The van der Waals surface area contributed by atoms with E-state index in [2.05, 4.69) is 4.42 Å². The zero-order chi connectivity index (χ0) is 7.56. The van der Waals surface area contributed by atoms with Crippen LogP contribution in [0.3, 0.4) is 0 Å². The number of nitrogens with zero attached hydrogens (tertiary/aromatic N) is 1. The summed E-state index contributed by atoms with van der Waals surface area (Å²) in [5, 5.41) is 1.00. The van der Waals surface area contributed by atoms with E-state index in [1.54, 1.807) is 6.07 Å². The van der Waals surface area contributed by atoms with Gasteiger partial charge in [0.15, 0.2) is 0 Å². The van der Waals surface area contributed by atoms with E-state index in [0.717, 1.165) is 5.01 Å². The molecule has 0 saturated heterocycles. The summed E-state index contributed by atoms with van der Waals surface area (Å²) in [6.45, 7) is 0. The molecule has 1 amide bonds. The van der Waals surface area contributed by atoms with Crippen molar-refractivity contribution >= 4 is 5.91 Å². The van der Waals surface area contributed by atoms with Crippen molar-refractivity contribution in [2.24, 2.45) is 5.84 Å². The minimum Gasteiger partial charge on any atom is -0.472 e. The van der Waals surface area contributed by atoms with E-state index < -0.39 is 0 Å². The second kappa shape index (κ2) is 2.53. The van der Waals surface area contributed by atoms with Crippen molar-refractivity contribution in [2.75, 3.05) is 7.05 Å². The molecule has 0 radical (unpaired) electrons. The van der Waals surface area contributed by atoms with Crippen LogP contribution in [0, 0.1) is 0 Å². The fourth-order valence-electron chi connectivity index (χ4n) is 0.590. The molecular weight excluding hydrogens is 132 g/mol. The predicted octanol–water partition coefficient (Wildman–Crippen LogP) is 0.225. The summed E-state index contributed by atoms with van der Waals surface area (Å²) in [4.78, 5) is 10.9. The fourth-order valence-corrected chi connectivity index (χ4v) is 0.590. The highest BCUT2D eigenvalue weighted by Gasteiger charge is 2.07. The van der Waals surface area contributed by atoms with Crippen LogP contribution < -0.4 is 5.84 Å². The third-order valence-electron chi connectivity index (χ3n) is 1.09. The van der Waals surface area contributed by atoms with Crippen molar-refractivity contribution < 1.29 is 9.21 Å². The lowest BCUT2D eigenvalue weighted by Crippen LogP contribution is -2.32. The standard InChI is InChI=1S/C6H8N2O2/c1-8(7)6(9)5-2-3-10-4-5/h2-4H,7H2,1H3. The molecular formula is C6H8N2O2. The van der Waals surface area contributed by atoms with Gasteiger partial charge in [-0.05, 0) is 6.07 Å². The van der Waals surface area contributed by atoms with E-state index >= 15 is 0 Å². The molecule has 0 saturated carbocycles. The Kier molecular flexibility index (Phi) is 1.73. The first-order valence-electron chi connectivity index (χ1n) is 2.77. The molecule has 0 atom stereocenters. The van der Waals surface area contributed by atoms with Gasteiger partial charge >= 0.3 is 0 Å². The van der Waals surface area contributed by atoms with Gasteiger partial charge in [0.25, 0.3) is 5.91 Å². The van der Waals surface area contributed by atoms with E-state index in [1.165, 1.54) is 19.6 Å². The van der Waals surface area contributed by atoms with Gasteiger partial charge in [0.05, 0.1) is 11.8 Å². The van der Waals surface area contributed by atoms with Crippen LogP contribution in [0.5, 0.6) is 0 Å². The van der Waals surface area contributed by atoms with Gasteiger partial charge in [-0.3, -0.25) is 9.80 Å². The zero-order valence-corrected chi connectivity index (χ0v) is 5.57. The number of rotatable bonds is 1. The Morgan fingerprint density at radius 2 is 2.50 bits per heavy atom. The summed E-state index contributed by atoms with van der Waals surface area (Å²) in [7, 11) is 1.48. The van der Waals surface area contributed by atoms with Gasteiger partial charge in [-0.15, -0.1) is 0 Å². The maximum atomic E-state index is 10.9. The van der Waals surface area contributed by atoms with Gasteiger partial charge in [-0.2, -0.15) is 0 Å². The molecule has 0 spiro atoms. The van der Waals surface area contributed by atoms with Gasteiger partial charge < -0.3 is 4.42 Å².